The fourth-order valence-corrected chi connectivity index (χ4v) is 3.34. The van der Waals surface area contributed by atoms with Gasteiger partial charge in [-0.3, -0.25) is 0 Å². The van der Waals surface area contributed by atoms with Gasteiger partial charge in [0.1, 0.15) is 0 Å². The minimum atomic E-state index is -4.51. The van der Waals surface area contributed by atoms with Gasteiger partial charge in [-0.05, 0) is 37.5 Å². The summed E-state index contributed by atoms with van der Waals surface area (Å²) in [6.45, 7) is 1.85. The average molecular weight is 422 g/mol. The fraction of sp³-hybridized carbons (Fsp3) is 0.588. The van der Waals surface area contributed by atoms with E-state index in [9.17, 15) is 26.4 Å². The first-order chi connectivity index (χ1) is 13.0. The van der Waals surface area contributed by atoms with Gasteiger partial charge in [-0.2, -0.15) is 13.2 Å². The van der Waals surface area contributed by atoms with Crippen molar-refractivity contribution >= 4 is 27.4 Å². The van der Waals surface area contributed by atoms with Crippen LogP contribution in [-0.4, -0.2) is 58.2 Å². The number of nitrogens with one attached hydrogen (secondary N) is 2. The molecule has 11 heteroatoms. The molecule has 158 valence electrons. The van der Waals surface area contributed by atoms with E-state index in [1.165, 1.54) is 13.1 Å². The van der Waals surface area contributed by atoms with Gasteiger partial charge in [-0.25, -0.2) is 17.5 Å². The summed E-state index contributed by atoms with van der Waals surface area (Å²) in [5, 5.41) is 5.04. The lowest BCUT2D eigenvalue weighted by Gasteiger charge is -2.23. The van der Waals surface area contributed by atoms with E-state index in [1.807, 2.05) is 4.90 Å². The average Bonchev–Trinajstić information content (AvgIpc) is 3.11. The molecule has 1 saturated heterocycles. The van der Waals surface area contributed by atoms with E-state index in [-0.39, 0.29) is 18.8 Å². The molecule has 0 aliphatic carbocycles. The van der Waals surface area contributed by atoms with Gasteiger partial charge >= 0.3 is 12.2 Å². The number of hydrogen-bond acceptors (Lipinski definition) is 4. The van der Waals surface area contributed by atoms with Crippen LogP contribution in [0.5, 0.6) is 0 Å². The van der Waals surface area contributed by atoms with Gasteiger partial charge in [0.05, 0.1) is 23.2 Å². The third kappa shape index (κ3) is 6.26. The lowest BCUT2D eigenvalue weighted by Crippen LogP contribution is -2.33. The molecule has 1 aromatic rings. The highest BCUT2D eigenvalue weighted by Gasteiger charge is 2.32. The number of halogens is 3. The zero-order valence-electron chi connectivity index (χ0n) is 15.8. The number of urea groups is 1. The topological polar surface area (TPSA) is 81.8 Å². The van der Waals surface area contributed by atoms with Crippen LogP contribution in [0.15, 0.2) is 18.2 Å². The summed E-state index contributed by atoms with van der Waals surface area (Å²) >= 11 is 0. The van der Waals surface area contributed by atoms with Crippen molar-refractivity contribution in [2.45, 2.75) is 25.4 Å². The van der Waals surface area contributed by atoms with Crippen molar-refractivity contribution in [2.24, 2.45) is 0 Å². The van der Waals surface area contributed by atoms with Crippen LogP contribution >= 0.6 is 0 Å². The highest BCUT2D eigenvalue weighted by atomic mass is 32.2. The van der Waals surface area contributed by atoms with Gasteiger partial charge in [-0.15, -0.1) is 0 Å². The van der Waals surface area contributed by atoms with Crippen molar-refractivity contribution in [3.63, 3.8) is 0 Å². The largest absolute Gasteiger partial charge is 0.416 e. The molecule has 0 aromatic heterocycles. The molecule has 1 aliphatic rings. The summed E-state index contributed by atoms with van der Waals surface area (Å²) in [6.07, 6.45) is -1.16. The molecule has 7 nitrogen and oxygen atoms in total. The predicted octanol–water partition coefficient (Wildman–Crippen LogP) is 2.71. The molecule has 2 rings (SSSR count). The van der Waals surface area contributed by atoms with E-state index in [1.54, 1.807) is 0 Å². The van der Waals surface area contributed by atoms with Crippen molar-refractivity contribution in [2.75, 3.05) is 49.7 Å². The van der Waals surface area contributed by atoms with Crippen LogP contribution in [0.3, 0.4) is 0 Å². The lowest BCUT2D eigenvalue weighted by atomic mass is 10.1. The van der Waals surface area contributed by atoms with Crippen LogP contribution in [0.2, 0.25) is 0 Å². The first-order valence-corrected chi connectivity index (χ1v) is 10.8. The zero-order chi connectivity index (χ0) is 20.9. The number of nitrogens with zero attached hydrogens (tertiary/aromatic N) is 2. The van der Waals surface area contributed by atoms with E-state index < -0.39 is 27.8 Å². The second-order valence-electron chi connectivity index (χ2n) is 6.74. The Kier molecular flexibility index (Phi) is 7.16. The molecule has 0 saturated carbocycles. The Bertz CT molecular complexity index is 793. The SMILES string of the molecule is CN(CCCNC(=O)Nc1cc(C(F)(F)F)ccc1N1CCCC1)S(C)(=O)=O. The molecule has 2 amide bonds. The highest BCUT2D eigenvalue weighted by Crippen LogP contribution is 2.36. The van der Waals surface area contributed by atoms with Gasteiger partial charge in [0.2, 0.25) is 10.0 Å². The number of benzene rings is 1. The molecule has 1 aliphatic heterocycles. The Morgan fingerprint density at radius 1 is 1.25 bits per heavy atom. The zero-order valence-corrected chi connectivity index (χ0v) is 16.7. The van der Waals surface area contributed by atoms with Crippen molar-refractivity contribution in [3.8, 4) is 0 Å². The van der Waals surface area contributed by atoms with E-state index in [0.29, 0.717) is 12.1 Å². The number of sulfonamides is 1. The fourth-order valence-electron chi connectivity index (χ4n) is 2.88. The summed E-state index contributed by atoms with van der Waals surface area (Å²) in [5.41, 5.74) is -0.180. The molecule has 28 heavy (non-hydrogen) atoms. The number of hydrogen-bond donors (Lipinski definition) is 2. The van der Waals surface area contributed by atoms with Gasteiger partial charge in [-0.1, -0.05) is 0 Å². The van der Waals surface area contributed by atoms with E-state index in [4.69, 9.17) is 0 Å². The second kappa shape index (κ2) is 8.99. The van der Waals surface area contributed by atoms with Crippen molar-refractivity contribution in [1.82, 2.24) is 9.62 Å². The summed E-state index contributed by atoms with van der Waals surface area (Å²) in [6, 6.07) is 2.69. The van der Waals surface area contributed by atoms with Crippen LogP contribution < -0.4 is 15.5 Å². The van der Waals surface area contributed by atoms with Crippen molar-refractivity contribution in [1.29, 1.82) is 0 Å². The maximum Gasteiger partial charge on any atom is 0.416 e. The normalized spacial score (nSPS) is 15.1. The highest BCUT2D eigenvalue weighted by molar-refractivity contribution is 7.88. The van der Waals surface area contributed by atoms with Crippen molar-refractivity contribution < 1.29 is 26.4 Å². The molecular formula is C17H25F3N4O3S. The summed E-state index contributed by atoms with van der Waals surface area (Å²) in [4.78, 5) is 14.1. The van der Waals surface area contributed by atoms with E-state index in [0.717, 1.165) is 48.6 Å². The molecule has 0 bridgehead atoms. The molecule has 0 radical (unpaired) electrons. The minimum absolute atomic E-state index is 0.0995. The summed E-state index contributed by atoms with van der Waals surface area (Å²) in [7, 11) is -1.86. The first-order valence-electron chi connectivity index (χ1n) is 8.91. The maximum absolute atomic E-state index is 13.0. The number of anilines is 2. The van der Waals surface area contributed by atoms with Gasteiger partial charge in [0.15, 0.2) is 0 Å². The van der Waals surface area contributed by atoms with Crippen LogP contribution in [0.1, 0.15) is 24.8 Å². The van der Waals surface area contributed by atoms with Crippen LogP contribution in [0.4, 0.5) is 29.3 Å². The molecular weight excluding hydrogens is 397 g/mol. The minimum Gasteiger partial charge on any atom is -0.370 e. The molecule has 1 aromatic carbocycles. The lowest BCUT2D eigenvalue weighted by molar-refractivity contribution is -0.137. The monoisotopic (exact) mass is 422 g/mol. The Labute approximate surface area is 162 Å². The van der Waals surface area contributed by atoms with Gasteiger partial charge in [0.25, 0.3) is 0 Å². The molecule has 0 unspecified atom stereocenters. The molecule has 0 spiro atoms. The quantitative estimate of drug-likeness (QED) is 0.662. The number of carbonyl (C=O) groups is 1. The maximum atomic E-state index is 13.0. The first kappa shape index (κ1) is 22.3. The smallest absolute Gasteiger partial charge is 0.370 e. The summed E-state index contributed by atoms with van der Waals surface area (Å²) < 4.78 is 62.9. The van der Waals surface area contributed by atoms with Crippen LogP contribution in [0, 0.1) is 0 Å². The third-order valence-corrected chi connectivity index (χ3v) is 5.84. The van der Waals surface area contributed by atoms with E-state index in [2.05, 4.69) is 10.6 Å². The second-order valence-corrected chi connectivity index (χ2v) is 8.83. The Morgan fingerprint density at radius 2 is 1.89 bits per heavy atom. The number of carbonyl (C=O) groups excluding carboxylic acids is 1. The third-order valence-electron chi connectivity index (χ3n) is 4.52. The van der Waals surface area contributed by atoms with Crippen LogP contribution in [-0.2, 0) is 16.2 Å². The van der Waals surface area contributed by atoms with Crippen molar-refractivity contribution in [3.05, 3.63) is 23.8 Å². The number of rotatable bonds is 7. The number of amides is 2. The molecule has 2 N–H and O–H groups in total. The predicted molar refractivity (Wildman–Crippen MR) is 102 cm³/mol. The Balaban J connectivity index is 2.01. The standard InChI is InChI=1S/C17H25F3N4O3S/c1-23(28(2,26)27)9-5-8-21-16(25)22-14-12-13(17(18,19)20)6-7-15(14)24-10-3-4-11-24/h6-7,12H,3-5,8-11H2,1-2H3,(H2,21,22,25). The number of alkyl halides is 3. The Morgan fingerprint density at radius 3 is 2.46 bits per heavy atom. The molecule has 1 fully saturated rings. The molecule has 1 heterocycles. The molecule has 0 atom stereocenters. The van der Waals surface area contributed by atoms with Gasteiger partial charge < -0.3 is 15.5 Å². The Hall–Kier alpha value is -2.01. The van der Waals surface area contributed by atoms with E-state index >= 15 is 0 Å². The summed E-state index contributed by atoms with van der Waals surface area (Å²) in [5.74, 6) is 0. The van der Waals surface area contributed by atoms with Gasteiger partial charge in [0, 0.05) is 33.2 Å². The van der Waals surface area contributed by atoms with Crippen LogP contribution in [0.25, 0.3) is 0 Å².